The molecule has 2 rings (SSSR count). The zero-order chi connectivity index (χ0) is 14.9. The van der Waals surface area contributed by atoms with Crippen molar-refractivity contribution in [1.82, 2.24) is 9.88 Å². The van der Waals surface area contributed by atoms with Crippen molar-refractivity contribution in [2.24, 2.45) is 5.92 Å². The number of amides is 1. The van der Waals surface area contributed by atoms with Crippen molar-refractivity contribution in [3.8, 4) is 0 Å². The van der Waals surface area contributed by atoms with Crippen LogP contribution in [0.3, 0.4) is 0 Å². The third-order valence-electron chi connectivity index (χ3n) is 3.46. The molecule has 1 aliphatic heterocycles. The van der Waals surface area contributed by atoms with Gasteiger partial charge in [0.2, 0.25) is 0 Å². The maximum absolute atomic E-state index is 12.5. The molecular weight excluding hydrogens is 303 g/mol. The minimum atomic E-state index is -0.999. The molecule has 1 N–H and O–H groups in total. The van der Waals surface area contributed by atoms with E-state index < -0.39 is 17.9 Å². The van der Waals surface area contributed by atoms with Crippen LogP contribution >= 0.6 is 23.2 Å². The predicted molar refractivity (Wildman–Crippen MR) is 75.1 cm³/mol. The molecule has 0 bridgehead atoms. The van der Waals surface area contributed by atoms with Gasteiger partial charge in [-0.3, -0.25) is 4.79 Å². The fourth-order valence-corrected chi connectivity index (χ4v) is 2.69. The normalized spacial score (nSPS) is 22.6. The molecular formula is C13H14Cl2N2O3. The molecule has 0 aliphatic carbocycles. The second kappa shape index (κ2) is 5.97. The summed E-state index contributed by atoms with van der Waals surface area (Å²) < 4.78 is 0. The topological polar surface area (TPSA) is 70.5 Å². The van der Waals surface area contributed by atoms with Crippen molar-refractivity contribution < 1.29 is 14.7 Å². The van der Waals surface area contributed by atoms with E-state index in [2.05, 4.69) is 4.98 Å². The number of hydrogen-bond acceptors (Lipinski definition) is 3. The summed E-state index contributed by atoms with van der Waals surface area (Å²) in [6, 6.07) is 0.539. The summed E-state index contributed by atoms with van der Waals surface area (Å²) >= 11 is 11.7. The van der Waals surface area contributed by atoms with E-state index >= 15 is 0 Å². The monoisotopic (exact) mass is 316 g/mol. The largest absolute Gasteiger partial charge is 0.480 e. The maximum atomic E-state index is 12.5. The summed E-state index contributed by atoms with van der Waals surface area (Å²) in [7, 11) is 0. The Balaban J connectivity index is 2.31. The van der Waals surface area contributed by atoms with Crippen molar-refractivity contribution in [1.29, 1.82) is 0 Å². The predicted octanol–water partition coefficient (Wildman–Crippen LogP) is 2.71. The summed E-state index contributed by atoms with van der Waals surface area (Å²) in [5.74, 6) is -1.14. The number of piperidine rings is 1. The van der Waals surface area contributed by atoms with Crippen LogP contribution in [0.25, 0.3) is 0 Å². The van der Waals surface area contributed by atoms with Crippen LogP contribution in [0.2, 0.25) is 10.2 Å². The van der Waals surface area contributed by atoms with Gasteiger partial charge in [-0.25, -0.2) is 9.78 Å². The lowest BCUT2D eigenvalue weighted by Crippen LogP contribution is -2.49. The summed E-state index contributed by atoms with van der Waals surface area (Å²) in [4.78, 5) is 28.9. The van der Waals surface area contributed by atoms with E-state index in [1.807, 2.05) is 6.92 Å². The standard InChI is InChI=1S/C13H14Cl2N2O3/c1-7-2-3-17(10(4-7)13(19)20)12(18)8-5-11(15)16-6-9(8)14/h5-7,10H,2-4H2,1H3,(H,19,20). The van der Waals surface area contributed by atoms with Gasteiger partial charge in [-0.1, -0.05) is 30.1 Å². The van der Waals surface area contributed by atoms with Crippen molar-refractivity contribution in [2.45, 2.75) is 25.8 Å². The van der Waals surface area contributed by atoms with Crippen LogP contribution in [0.15, 0.2) is 12.3 Å². The number of carbonyl (C=O) groups is 2. The van der Waals surface area contributed by atoms with E-state index in [9.17, 15) is 14.7 Å². The molecule has 1 aromatic heterocycles. The van der Waals surface area contributed by atoms with Gasteiger partial charge in [-0.2, -0.15) is 0 Å². The molecule has 5 nitrogen and oxygen atoms in total. The Morgan fingerprint density at radius 1 is 1.45 bits per heavy atom. The SMILES string of the molecule is CC1CCN(C(=O)c2cc(Cl)ncc2Cl)C(C(=O)O)C1. The molecule has 2 atom stereocenters. The van der Waals surface area contributed by atoms with E-state index in [0.29, 0.717) is 13.0 Å². The first-order chi connectivity index (χ1) is 9.40. The highest BCUT2D eigenvalue weighted by Gasteiger charge is 2.35. The van der Waals surface area contributed by atoms with E-state index in [4.69, 9.17) is 23.2 Å². The molecule has 1 amide bonds. The van der Waals surface area contributed by atoms with Gasteiger partial charge in [-0.05, 0) is 24.8 Å². The molecule has 0 spiro atoms. The minimum absolute atomic E-state index is 0.148. The number of carbonyl (C=O) groups excluding carboxylic acids is 1. The van der Waals surface area contributed by atoms with Gasteiger partial charge in [0.05, 0.1) is 10.6 Å². The highest BCUT2D eigenvalue weighted by Crippen LogP contribution is 2.27. The van der Waals surface area contributed by atoms with Crippen molar-refractivity contribution in [3.63, 3.8) is 0 Å². The number of hydrogen-bond donors (Lipinski definition) is 1. The van der Waals surface area contributed by atoms with E-state index in [-0.39, 0.29) is 21.7 Å². The molecule has 0 aromatic carbocycles. The average Bonchev–Trinajstić information content (AvgIpc) is 2.40. The molecule has 2 heterocycles. The Kier molecular flexibility index (Phi) is 4.50. The molecule has 1 aliphatic rings. The van der Waals surface area contributed by atoms with Crippen molar-refractivity contribution in [3.05, 3.63) is 28.0 Å². The molecule has 7 heteroatoms. The molecule has 0 saturated carbocycles. The zero-order valence-electron chi connectivity index (χ0n) is 10.8. The smallest absolute Gasteiger partial charge is 0.326 e. The quantitative estimate of drug-likeness (QED) is 0.852. The molecule has 1 fully saturated rings. The lowest BCUT2D eigenvalue weighted by Gasteiger charge is -2.36. The van der Waals surface area contributed by atoms with Gasteiger partial charge in [-0.15, -0.1) is 0 Å². The number of aromatic nitrogens is 1. The maximum Gasteiger partial charge on any atom is 0.326 e. The molecule has 1 saturated heterocycles. The fraction of sp³-hybridized carbons (Fsp3) is 0.462. The van der Waals surface area contributed by atoms with Crippen molar-refractivity contribution in [2.75, 3.05) is 6.54 Å². The Labute approximate surface area is 126 Å². The van der Waals surface area contributed by atoms with E-state index in [1.165, 1.54) is 17.2 Å². The van der Waals surface area contributed by atoms with Gasteiger partial charge < -0.3 is 10.0 Å². The van der Waals surface area contributed by atoms with Gasteiger partial charge in [0.15, 0.2) is 0 Å². The molecule has 2 unspecified atom stereocenters. The second-order valence-electron chi connectivity index (χ2n) is 4.97. The van der Waals surface area contributed by atoms with Crippen LogP contribution in [0.1, 0.15) is 30.1 Å². The molecule has 1 aromatic rings. The lowest BCUT2D eigenvalue weighted by molar-refractivity contribution is -0.144. The second-order valence-corrected chi connectivity index (χ2v) is 5.76. The van der Waals surface area contributed by atoms with Crippen LogP contribution in [0.4, 0.5) is 0 Å². The highest BCUT2D eigenvalue weighted by molar-refractivity contribution is 6.35. The first-order valence-corrected chi connectivity index (χ1v) is 7.00. The lowest BCUT2D eigenvalue weighted by atomic mass is 9.92. The highest BCUT2D eigenvalue weighted by atomic mass is 35.5. The number of carboxylic acids is 1. The van der Waals surface area contributed by atoms with Crippen molar-refractivity contribution >= 4 is 35.1 Å². The summed E-state index contributed by atoms with van der Waals surface area (Å²) in [5, 5.41) is 9.60. The third kappa shape index (κ3) is 3.04. The third-order valence-corrected chi connectivity index (χ3v) is 3.97. The Morgan fingerprint density at radius 2 is 2.15 bits per heavy atom. The Hall–Kier alpha value is -1.33. The average molecular weight is 317 g/mol. The van der Waals surface area contributed by atoms with Crippen LogP contribution in [-0.2, 0) is 4.79 Å². The number of likely N-dealkylation sites (tertiary alicyclic amines) is 1. The minimum Gasteiger partial charge on any atom is -0.480 e. The number of nitrogens with zero attached hydrogens (tertiary/aromatic N) is 2. The van der Waals surface area contributed by atoms with E-state index in [0.717, 1.165) is 6.42 Å². The van der Waals surface area contributed by atoms with Crippen LogP contribution in [0.5, 0.6) is 0 Å². The summed E-state index contributed by atoms with van der Waals surface area (Å²) in [6.07, 6.45) is 2.50. The Bertz CT molecular complexity index is 550. The van der Waals surface area contributed by atoms with E-state index in [1.54, 1.807) is 0 Å². The first kappa shape index (κ1) is 15.1. The van der Waals surface area contributed by atoms with Crippen LogP contribution in [-0.4, -0.2) is 39.5 Å². The number of carboxylic acid groups (broad SMARTS) is 1. The molecule has 0 radical (unpaired) electrons. The van der Waals surface area contributed by atoms with Crippen LogP contribution in [0, 0.1) is 5.92 Å². The fourth-order valence-electron chi connectivity index (χ4n) is 2.35. The number of halogens is 2. The zero-order valence-corrected chi connectivity index (χ0v) is 12.4. The molecule has 20 heavy (non-hydrogen) atoms. The van der Waals surface area contributed by atoms with Gasteiger partial charge in [0.1, 0.15) is 11.2 Å². The number of aliphatic carboxylic acids is 1. The van der Waals surface area contributed by atoms with Gasteiger partial charge in [0.25, 0.3) is 5.91 Å². The first-order valence-electron chi connectivity index (χ1n) is 6.25. The van der Waals surface area contributed by atoms with Gasteiger partial charge >= 0.3 is 5.97 Å². The summed E-state index contributed by atoms with van der Waals surface area (Å²) in [6.45, 7) is 2.38. The van der Waals surface area contributed by atoms with Crippen LogP contribution < -0.4 is 0 Å². The molecule has 108 valence electrons. The van der Waals surface area contributed by atoms with Gasteiger partial charge in [0, 0.05) is 12.7 Å². The summed E-state index contributed by atoms with van der Waals surface area (Å²) in [5.41, 5.74) is 0.187. The number of rotatable bonds is 2. The Morgan fingerprint density at radius 3 is 2.80 bits per heavy atom. The number of pyridine rings is 1.